The van der Waals surface area contributed by atoms with E-state index in [4.69, 9.17) is 24.7 Å². The summed E-state index contributed by atoms with van der Waals surface area (Å²) in [6.07, 6.45) is 0.455. The van der Waals surface area contributed by atoms with Crippen molar-refractivity contribution in [2.45, 2.75) is 53.4 Å². The van der Waals surface area contributed by atoms with Gasteiger partial charge in [0, 0.05) is 12.5 Å². The van der Waals surface area contributed by atoms with Crippen LogP contribution in [-0.2, 0) is 46.5 Å². The first-order valence-electron chi connectivity index (χ1n) is 11.5. The molecule has 10 nitrogen and oxygen atoms in total. The number of esters is 3. The third-order valence-corrected chi connectivity index (χ3v) is 4.76. The predicted molar refractivity (Wildman–Crippen MR) is 136 cm³/mol. The van der Waals surface area contributed by atoms with Crippen LogP contribution in [0.2, 0.25) is 0 Å². The van der Waals surface area contributed by atoms with Crippen molar-refractivity contribution in [2.24, 2.45) is 5.73 Å². The molecule has 0 saturated carbocycles. The lowest BCUT2D eigenvalue weighted by Gasteiger charge is -2.22. The van der Waals surface area contributed by atoms with E-state index in [9.17, 15) is 19.2 Å². The first-order valence-corrected chi connectivity index (χ1v) is 11.5. The van der Waals surface area contributed by atoms with E-state index in [2.05, 4.69) is 5.32 Å². The van der Waals surface area contributed by atoms with E-state index in [0.29, 0.717) is 16.7 Å². The molecule has 2 aromatic rings. The Hall–Kier alpha value is -4.18. The maximum Gasteiger partial charge on any atom is 0.412 e. The van der Waals surface area contributed by atoms with Crippen LogP contribution in [-0.4, -0.2) is 36.3 Å². The molecule has 198 valence electrons. The zero-order chi connectivity index (χ0) is 27.6. The maximum atomic E-state index is 13.0. The minimum absolute atomic E-state index is 0.0932. The zero-order valence-corrected chi connectivity index (χ0v) is 21.6. The predicted octanol–water partition coefficient (Wildman–Crippen LogP) is 3.99. The summed E-state index contributed by atoms with van der Waals surface area (Å²) in [5.41, 5.74) is 6.29. The fourth-order valence-electron chi connectivity index (χ4n) is 3.11. The minimum Gasteiger partial charge on any atom is -0.461 e. The van der Waals surface area contributed by atoms with Crippen LogP contribution in [0, 0.1) is 6.92 Å². The zero-order valence-electron chi connectivity index (χ0n) is 21.6. The molecule has 0 fully saturated rings. The summed E-state index contributed by atoms with van der Waals surface area (Å²) in [6.45, 7) is 7.33. The fourth-order valence-corrected chi connectivity index (χ4v) is 3.11. The summed E-state index contributed by atoms with van der Waals surface area (Å²) >= 11 is 0. The van der Waals surface area contributed by atoms with Crippen molar-refractivity contribution >= 4 is 35.8 Å². The number of hydrogen-bond donors (Lipinski definition) is 2. The molecular weight excluding hydrogens is 480 g/mol. The first kappa shape index (κ1) is 29.1. The molecule has 0 unspecified atom stereocenters. The molecule has 0 radical (unpaired) electrons. The van der Waals surface area contributed by atoms with E-state index in [0.717, 1.165) is 0 Å². The van der Waals surface area contributed by atoms with E-state index < -0.39 is 41.9 Å². The second-order valence-corrected chi connectivity index (χ2v) is 8.96. The Morgan fingerprint density at radius 2 is 1.57 bits per heavy atom. The molecule has 10 heteroatoms. The van der Waals surface area contributed by atoms with Crippen molar-refractivity contribution in [1.29, 1.82) is 0 Å². The largest absolute Gasteiger partial charge is 0.461 e. The number of nitrogens with two attached hydrogens (primary N) is 1. The van der Waals surface area contributed by atoms with Crippen LogP contribution in [0.1, 0.15) is 49.9 Å². The van der Waals surface area contributed by atoms with Crippen molar-refractivity contribution in [2.75, 3.05) is 12.0 Å². The van der Waals surface area contributed by atoms with E-state index in [1.165, 1.54) is 13.0 Å². The fraction of sp³-hybridized carbons (Fsp3) is 0.333. The van der Waals surface area contributed by atoms with Gasteiger partial charge >= 0.3 is 24.0 Å². The smallest absolute Gasteiger partial charge is 0.412 e. The number of carbonyl (C=O) groups is 4. The molecule has 0 heterocycles. The lowest BCUT2D eigenvalue weighted by molar-refractivity contribution is -0.147. The van der Waals surface area contributed by atoms with Crippen LogP contribution in [0.4, 0.5) is 10.5 Å². The van der Waals surface area contributed by atoms with Crippen LogP contribution < -0.4 is 11.1 Å². The van der Waals surface area contributed by atoms with Crippen LogP contribution in [0.25, 0.3) is 6.08 Å². The highest BCUT2D eigenvalue weighted by Crippen LogP contribution is 2.29. The monoisotopic (exact) mass is 512 g/mol. The van der Waals surface area contributed by atoms with Gasteiger partial charge in [0.2, 0.25) is 0 Å². The Kier molecular flexibility index (Phi) is 10.4. The van der Waals surface area contributed by atoms with Crippen LogP contribution in [0.5, 0.6) is 0 Å². The molecular formula is C27H32N2O8. The molecule has 0 bridgehead atoms. The quantitative estimate of drug-likeness (QED) is 0.127. The molecule has 0 aliphatic rings. The highest BCUT2D eigenvalue weighted by molar-refractivity contribution is 6.18. The third-order valence-electron chi connectivity index (χ3n) is 4.76. The Balaban J connectivity index is 2.57. The number of carbonyl (C=O) groups excluding carboxylic acids is 4. The second-order valence-electron chi connectivity index (χ2n) is 8.96. The number of benzene rings is 2. The summed E-state index contributed by atoms with van der Waals surface area (Å²) in [7, 11) is 0. The van der Waals surface area contributed by atoms with E-state index in [-0.39, 0.29) is 24.5 Å². The minimum atomic E-state index is -1.02. The van der Waals surface area contributed by atoms with Gasteiger partial charge in [0.25, 0.3) is 0 Å². The average molecular weight is 513 g/mol. The number of ether oxygens (including phenoxy) is 4. The summed E-state index contributed by atoms with van der Waals surface area (Å²) in [4.78, 5) is 49.8. The van der Waals surface area contributed by atoms with Gasteiger partial charge in [-0.25, -0.2) is 14.4 Å². The van der Waals surface area contributed by atoms with Gasteiger partial charge in [-0.15, -0.1) is 0 Å². The normalized spacial score (nSPS) is 11.4. The Labute approximate surface area is 215 Å². The van der Waals surface area contributed by atoms with Gasteiger partial charge < -0.3 is 18.9 Å². The average Bonchev–Trinajstić information content (AvgIpc) is 2.81. The molecule has 3 N–H and O–H groups in total. The molecule has 2 rings (SSSR count). The summed E-state index contributed by atoms with van der Waals surface area (Å²) < 4.78 is 20.7. The molecule has 0 saturated heterocycles. The van der Waals surface area contributed by atoms with Gasteiger partial charge in [-0.3, -0.25) is 15.8 Å². The lowest BCUT2D eigenvalue weighted by atomic mass is 9.99. The van der Waals surface area contributed by atoms with Crippen LogP contribution in [0.15, 0.2) is 48.0 Å². The molecule has 2 aromatic carbocycles. The lowest BCUT2D eigenvalue weighted by Crippen LogP contribution is -2.28. The first-order chi connectivity index (χ1) is 17.4. The van der Waals surface area contributed by atoms with E-state index in [1.54, 1.807) is 64.1 Å². The summed E-state index contributed by atoms with van der Waals surface area (Å²) in [6, 6.07) is 12.2. The SMILES string of the molecule is CC(=O)OCc1ccc(C)c(NC(=O)OC(C)(C)C)c1C=C(C(=O)OCN)C(=O)OCc1ccccc1. The van der Waals surface area contributed by atoms with Gasteiger partial charge in [-0.2, -0.15) is 0 Å². The molecule has 0 aliphatic carbocycles. The highest BCUT2D eigenvalue weighted by atomic mass is 16.6. The number of anilines is 1. The van der Waals surface area contributed by atoms with Gasteiger partial charge in [0.05, 0.1) is 5.69 Å². The number of amides is 1. The molecule has 1 amide bonds. The molecule has 0 spiro atoms. The number of nitrogens with one attached hydrogen (secondary N) is 1. The topological polar surface area (TPSA) is 143 Å². The Morgan fingerprint density at radius 1 is 0.919 bits per heavy atom. The van der Waals surface area contributed by atoms with Gasteiger partial charge in [-0.05, 0) is 50.5 Å². The third kappa shape index (κ3) is 9.42. The number of rotatable bonds is 9. The molecule has 37 heavy (non-hydrogen) atoms. The van der Waals surface area contributed by atoms with Crippen molar-refractivity contribution in [3.05, 3.63) is 70.3 Å². The number of hydrogen-bond acceptors (Lipinski definition) is 9. The van der Waals surface area contributed by atoms with Crippen molar-refractivity contribution in [1.82, 2.24) is 0 Å². The van der Waals surface area contributed by atoms with Crippen molar-refractivity contribution < 1.29 is 38.1 Å². The van der Waals surface area contributed by atoms with Crippen molar-refractivity contribution in [3.63, 3.8) is 0 Å². The standard InChI is InChI=1S/C27H32N2O8/c1-17-11-12-20(15-34-18(2)30)21(23(17)29-26(33)37-27(3,4)5)13-22(25(32)36-16-28)24(31)35-14-19-9-7-6-8-10-19/h6-13H,14-16,28H2,1-5H3,(H,29,33). The molecule has 0 atom stereocenters. The van der Waals surface area contributed by atoms with E-state index >= 15 is 0 Å². The Bertz CT molecular complexity index is 1170. The van der Waals surface area contributed by atoms with Crippen LogP contribution >= 0.6 is 0 Å². The summed E-state index contributed by atoms with van der Waals surface area (Å²) in [5.74, 6) is -2.53. The van der Waals surface area contributed by atoms with Gasteiger partial charge in [0.15, 0.2) is 0 Å². The Morgan fingerprint density at radius 3 is 2.16 bits per heavy atom. The van der Waals surface area contributed by atoms with Gasteiger partial charge in [-0.1, -0.05) is 42.5 Å². The molecule has 0 aliphatic heterocycles. The number of aryl methyl sites for hydroxylation is 1. The summed E-state index contributed by atoms with van der Waals surface area (Å²) in [5, 5.41) is 2.66. The second kappa shape index (κ2) is 13.2. The van der Waals surface area contributed by atoms with E-state index in [1.807, 2.05) is 6.07 Å². The van der Waals surface area contributed by atoms with Crippen LogP contribution in [0.3, 0.4) is 0 Å². The van der Waals surface area contributed by atoms with Crippen molar-refractivity contribution in [3.8, 4) is 0 Å². The molecule has 0 aromatic heterocycles. The maximum absolute atomic E-state index is 13.0. The highest BCUT2D eigenvalue weighted by Gasteiger charge is 2.25. The van der Waals surface area contributed by atoms with Gasteiger partial charge in [0.1, 0.15) is 31.1 Å².